The summed E-state index contributed by atoms with van der Waals surface area (Å²) >= 11 is 6.14. The predicted octanol–water partition coefficient (Wildman–Crippen LogP) is 4.08. The molecule has 1 fully saturated rings. The summed E-state index contributed by atoms with van der Waals surface area (Å²) < 4.78 is 7.51. The molecular formula is C30H38ClN5O3. The van der Waals surface area contributed by atoms with Crippen LogP contribution in [0.5, 0.6) is 5.75 Å². The maximum Gasteiger partial charge on any atom is 0.222 e. The zero-order valence-electron chi connectivity index (χ0n) is 22.9. The minimum absolute atomic E-state index is 0.185. The fourth-order valence-corrected chi connectivity index (χ4v) is 5.81. The van der Waals surface area contributed by atoms with Crippen LogP contribution in [0.1, 0.15) is 31.0 Å². The van der Waals surface area contributed by atoms with E-state index in [1.165, 1.54) is 0 Å². The van der Waals surface area contributed by atoms with Gasteiger partial charge in [-0.15, -0.1) is 0 Å². The summed E-state index contributed by atoms with van der Waals surface area (Å²) in [6, 6.07) is 15.8. The first-order valence-electron chi connectivity index (χ1n) is 13.9. The fourth-order valence-electron chi connectivity index (χ4n) is 5.68. The van der Waals surface area contributed by atoms with Gasteiger partial charge in [0.25, 0.3) is 0 Å². The van der Waals surface area contributed by atoms with E-state index in [4.69, 9.17) is 21.4 Å². The molecule has 3 aromatic rings. The van der Waals surface area contributed by atoms with Crippen LogP contribution >= 0.6 is 11.6 Å². The molecule has 0 saturated carbocycles. The van der Waals surface area contributed by atoms with Gasteiger partial charge in [0, 0.05) is 80.5 Å². The van der Waals surface area contributed by atoms with Crippen molar-refractivity contribution in [1.29, 1.82) is 0 Å². The third kappa shape index (κ3) is 6.24. The first-order chi connectivity index (χ1) is 19.0. The third-order valence-corrected chi connectivity index (χ3v) is 7.97. The standard InChI is InChI=1S/C30H38ClN5O3/c1-3-6-29(38)35-14-13-26-25(21-35)30(22-9-11-23(31)12-10-22)32-36(26)20-24(37)19-33-15-17-34(18-16-33)27-7-4-5-8-28(27)39-2/h4-5,7-12,24,37H,3,6,13-21H2,1-2H3. The Morgan fingerprint density at radius 1 is 1.05 bits per heavy atom. The number of para-hydroxylation sites is 2. The average molecular weight is 552 g/mol. The van der Waals surface area contributed by atoms with E-state index in [1.54, 1.807) is 7.11 Å². The summed E-state index contributed by atoms with van der Waals surface area (Å²) in [6.45, 7) is 7.78. The van der Waals surface area contributed by atoms with Crippen molar-refractivity contribution in [2.75, 3.05) is 51.3 Å². The Bertz CT molecular complexity index is 1270. The average Bonchev–Trinajstić information content (AvgIpc) is 3.31. The number of fused-ring (bicyclic) bond motifs is 1. The van der Waals surface area contributed by atoms with Gasteiger partial charge in [-0.3, -0.25) is 14.4 Å². The van der Waals surface area contributed by atoms with Gasteiger partial charge in [0.15, 0.2) is 0 Å². The maximum atomic E-state index is 12.7. The van der Waals surface area contributed by atoms with E-state index in [-0.39, 0.29) is 5.91 Å². The number of amides is 1. The number of rotatable bonds is 9. The number of aromatic nitrogens is 2. The van der Waals surface area contributed by atoms with Crippen LogP contribution in [0.2, 0.25) is 5.02 Å². The molecule has 1 N–H and O–H groups in total. The highest BCUT2D eigenvalue weighted by Crippen LogP contribution is 2.32. The molecule has 0 radical (unpaired) electrons. The molecule has 1 saturated heterocycles. The number of carbonyl (C=O) groups excluding carboxylic acids is 1. The van der Waals surface area contributed by atoms with Crippen LogP contribution in [0.3, 0.4) is 0 Å². The van der Waals surface area contributed by atoms with Crippen LogP contribution in [0, 0.1) is 0 Å². The molecule has 5 rings (SSSR count). The number of carbonyl (C=O) groups is 1. The minimum atomic E-state index is -0.551. The smallest absolute Gasteiger partial charge is 0.222 e. The van der Waals surface area contributed by atoms with Crippen molar-refractivity contribution in [1.82, 2.24) is 19.6 Å². The third-order valence-electron chi connectivity index (χ3n) is 7.72. The number of hydrogen-bond acceptors (Lipinski definition) is 6. The quantitative estimate of drug-likeness (QED) is 0.432. The van der Waals surface area contributed by atoms with Crippen LogP contribution in [0.25, 0.3) is 11.3 Å². The second kappa shape index (κ2) is 12.4. The molecule has 1 unspecified atom stereocenters. The molecule has 208 valence electrons. The SMILES string of the molecule is CCCC(=O)N1CCc2c(c(-c3ccc(Cl)cc3)nn2CC(O)CN2CCN(c3ccccc3OC)CC2)C1. The Morgan fingerprint density at radius 3 is 2.51 bits per heavy atom. The Hall–Kier alpha value is -3.07. The minimum Gasteiger partial charge on any atom is -0.495 e. The van der Waals surface area contributed by atoms with Gasteiger partial charge in [-0.1, -0.05) is 42.8 Å². The van der Waals surface area contributed by atoms with Gasteiger partial charge < -0.3 is 19.6 Å². The zero-order valence-corrected chi connectivity index (χ0v) is 23.6. The Balaban J connectivity index is 1.27. The number of hydrogen-bond donors (Lipinski definition) is 1. The monoisotopic (exact) mass is 551 g/mol. The lowest BCUT2D eigenvalue weighted by Gasteiger charge is -2.37. The van der Waals surface area contributed by atoms with Gasteiger partial charge >= 0.3 is 0 Å². The number of methoxy groups -OCH3 is 1. The van der Waals surface area contributed by atoms with E-state index in [9.17, 15) is 9.90 Å². The lowest BCUT2D eigenvalue weighted by molar-refractivity contribution is -0.132. The van der Waals surface area contributed by atoms with Crippen molar-refractivity contribution in [2.24, 2.45) is 0 Å². The van der Waals surface area contributed by atoms with Gasteiger partial charge in [0.05, 0.1) is 31.1 Å². The largest absolute Gasteiger partial charge is 0.495 e. The van der Waals surface area contributed by atoms with E-state index < -0.39 is 6.10 Å². The first kappa shape index (κ1) is 27.5. The molecule has 0 aliphatic carbocycles. The van der Waals surface area contributed by atoms with Crippen molar-refractivity contribution in [2.45, 2.75) is 45.4 Å². The molecule has 2 aliphatic rings. The molecule has 1 aromatic heterocycles. The van der Waals surface area contributed by atoms with Gasteiger partial charge in [0.2, 0.25) is 5.91 Å². The maximum absolute atomic E-state index is 12.7. The number of piperazine rings is 1. The number of benzene rings is 2. The molecule has 39 heavy (non-hydrogen) atoms. The van der Waals surface area contributed by atoms with Crippen LogP contribution < -0.4 is 9.64 Å². The van der Waals surface area contributed by atoms with Crippen molar-refractivity contribution in [3.8, 4) is 17.0 Å². The summed E-state index contributed by atoms with van der Waals surface area (Å²) in [7, 11) is 1.71. The van der Waals surface area contributed by atoms with Crippen LogP contribution in [0.15, 0.2) is 48.5 Å². The molecule has 9 heteroatoms. The van der Waals surface area contributed by atoms with E-state index in [0.717, 1.165) is 73.0 Å². The van der Waals surface area contributed by atoms with Gasteiger partial charge in [-0.05, 0) is 30.7 Å². The molecule has 1 amide bonds. The van der Waals surface area contributed by atoms with Crippen molar-refractivity contribution >= 4 is 23.2 Å². The van der Waals surface area contributed by atoms with E-state index in [1.807, 2.05) is 59.0 Å². The number of ether oxygens (including phenoxy) is 1. The second-order valence-corrected chi connectivity index (χ2v) is 10.8. The highest BCUT2D eigenvalue weighted by Gasteiger charge is 2.29. The molecule has 3 heterocycles. The highest BCUT2D eigenvalue weighted by molar-refractivity contribution is 6.30. The molecule has 0 bridgehead atoms. The molecule has 1 atom stereocenters. The molecule has 2 aliphatic heterocycles. The summed E-state index contributed by atoms with van der Waals surface area (Å²) in [5, 5.41) is 16.8. The summed E-state index contributed by atoms with van der Waals surface area (Å²) in [5.41, 5.74) is 5.14. The van der Waals surface area contributed by atoms with Crippen LogP contribution in [0.4, 0.5) is 5.69 Å². The lowest BCUT2D eigenvalue weighted by atomic mass is 10.0. The summed E-state index contributed by atoms with van der Waals surface area (Å²) in [5.74, 6) is 1.08. The highest BCUT2D eigenvalue weighted by atomic mass is 35.5. The van der Waals surface area contributed by atoms with E-state index in [2.05, 4.69) is 15.9 Å². The Kier molecular flexibility index (Phi) is 8.75. The van der Waals surface area contributed by atoms with E-state index in [0.29, 0.717) is 37.6 Å². The topological polar surface area (TPSA) is 74.1 Å². The molecule has 2 aromatic carbocycles. The number of β-amino-alcohol motifs (C(OH)–C–C–N with tert-alkyl or cyclic N) is 1. The zero-order chi connectivity index (χ0) is 27.4. The fraction of sp³-hybridized carbons (Fsp3) is 0.467. The molecule has 8 nitrogen and oxygen atoms in total. The first-order valence-corrected chi connectivity index (χ1v) is 14.2. The predicted molar refractivity (Wildman–Crippen MR) is 154 cm³/mol. The van der Waals surface area contributed by atoms with Crippen LogP contribution in [-0.4, -0.2) is 83.1 Å². The number of aliphatic hydroxyl groups excluding tert-OH is 1. The van der Waals surface area contributed by atoms with Crippen molar-refractivity contribution < 1.29 is 14.6 Å². The van der Waals surface area contributed by atoms with Gasteiger partial charge in [-0.2, -0.15) is 5.10 Å². The van der Waals surface area contributed by atoms with Crippen molar-refractivity contribution in [3.05, 3.63) is 64.8 Å². The van der Waals surface area contributed by atoms with Gasteiger partial charge in [0.1, 0.15) is 5.75 Å². The second-order valence-electron chi connectivity index (χ2n) is 10.4. The number of anilines is 1. The number of aliphatic hydroxyl groups is 1. The Labute approximate surface area is 235 Å². The normalized spacial score (nSPS) is 16.7. The van der Waals surface area contributed by atoms with E-state index >= 15 is 0 Å². The van der Waals surface area contributed by atoms with Crippen LogP contribution in [-0.2, 0) is 24.3 Å². The van der Waals surface area contributed by atoms with Gasteiger partial charge in [-0.25, -0.2) is 0 Å². The number of halogens is 1. The number of nitrogens with zero attached hydrogens (tertiary/aromatic N) is 5. The lowest BCUT2D eigenvalue weighted by Crippen LogP contribution is -2.49. The van der Waals surface area contributed by atoms with Crippen molar-refractivity contribution in [3.63, 3.8) is 0 Å². The molecular weight excluding hydrogens is 514 g/mol. The summed E-state index contributed by atoms with van der Waals surface area (Å²) in [4.78, 5) is 19.3. The Morgan fingerprint density at radius 2 is 1.79 bits per heavy atom. The summed E-state index contributed by atoms with van der Waals surface area (Å²) in [6.07, 6.45) is 1.58. The molecule has 0 spiro atoms.